The zero-order valence-electron chi connectivity index (χ0n) is 33.4. The van der Waals surface area contributed by atoms with E-state index in [1.807, 2.05) is 11.3 Å². The molecule has 0 saturated heterocycles. The molecule has 0 N–H and O–H groups in total. The molecule has 284 valence electrons. The second kappa shape index (κ2) is 13.4. The average Bonchev–Trinajstić information content (AvgIpc) is 3.92. The topological polar surface area (TPSA) is 8.17 Å². The molecule has 0 fully saturated rings. The minimum Gasteiger partial charge on any atom is -0.310 e. The lowest BCUT2D eigenvalue weighted by molar-refractivity contribution is 0.661. The third kappa shape index (κ3) is 5.26. The molecule has 0 spiro atoms. The maximum Gasteiger partial charge on any atom is 0.0619 e. The zero-order valence-corrected chi connectivity index (χ0v) is 34.2. The van der Waals surface area contributed by atoms with Crippen LogP contribution in [0, 0.1) is 0 Å². The lowest BCUT2D eigenvalue weighted by Crippen LogP contribution is -2.20. The van der Waals surface area contributed by atoms with Gasteiger partial charge in [-0.15, -0.1) is 11.3 Å². The molecule has 12 rings (SSSR count). The molecular weight excluding hydrogens is 745 g/mol. The van der Waals surface area contributed by atoms with E-state index in [0.29, 0.717) is 0 Å². The van der Waals surface area contributed by atoms with Crippen molar-refractivity contribution in [2.24, 2.45) is 0 Å². The molecule has 0 radical (unpaired) electrons. The highest BCUT2D eigenvalue weighted by molar-refractivity contribution is 7.25. The fraction of sp³-hybridized carbons (Fsp3) is 0.0526. The van der Waals surface area contributed by atoms with Crippen molar-refractivity contribution < 1.29 is 0 Å². The zero-order chi connectivity index (χ0) is 40.0. The van der Waals surface area contributed by atoms with E-state index in [2.05, 4.69) is 230 Å². The Labute approximate surface area is 353 Å². The highest BCUT2D eigenvalue weighted by Gasteiger charge is 2.39. The fourth-order valence-corrected chi connectivity index (χ4v) is 11.2. The third-order valence-corrected chi connectivity index (χ3v) is 13.9. The van der Waals surface area contributed by atoms with Crippen LogP contribution in [0.3, 0.4) is 0 Å². The van der Waals surface area contributed by atoms with Gasteiger partial charge in [0.1, 0.15) is 0 Å². The number of rotatable bonds is 6. The number of nitrogens with zero attached hydrogens (tertiary/aromatic N) is 2. The quantitative estimate of drug-likeness (QED) is 0.163. The molecule has 2 nitrogen and oxygen atoms in total. The second-order valence-corrected chi connectivity index (χ2v) is 17.6. The first kappa shape index (κ1) is 34.8. The summed E-state index contributed by atoms with van der Waals surface area (Å²) in [5.41, 5.74) is 17.0. The van der Waals surface area contributed by atoms with Crippen LogP contribution in [0.4, 0.5) is 17.1 Å². The minimum atomic E-state index is -0.203. The molecule has 1 aliphatic rings. The number of fused-ring (bicyclic) bond motifs is 9. The first-order valence-electron chi connectivity index (χ1n) is 20.8. The van der Waals surface area contributed by atoms with E-state index in [-0.39, 0.29) is 5.41 Å². The summed E-state index contributed by atoms with van der Waals surface area (Å²) in [6.45, 7) is 4.78. The van der Waals surface area contributed by atoms with E-state index in [1.165, 1.54) is 92.2 Å². The number of benzene rings is 9. The summed E-state index contributed by atoms with van der Waals surface area (Å²) in [5, 5.41) is 5.05. The van der Waals surface area contributed by atoms with Crippen molar-refractivity contribution >= 4 is 70.4 Å². The van der Waals surface area contributed by atoms with Crippen molar-refractivity contribution in [1.82, 2.24) is 4.57 Å². The van der Waals surface area contributed by atoms with Gasteiger partial charge in [0.15, 0.2) is 0 Å². The van der Waals surface area contributed by atoms with Gasteiger partial charge < -0.3 is 9.47 Å². The maximum absolute atomic E-state index is 2.53. The molecule has 0 unspecified atom stereocenters. The number of para-hydroxylation sites is 1. The molecule has 0 saturated carbocycles. The van der Waals surface area contributed by atoms with Crippen LogP contribution < -0.4 is 4.90 Å². The third-order valence-electron chi connectivity index (χ3n) is 12.7. The number of hydrogen-bond donors (Lipinski definition) is 0. The summed E-state index contributed by atoms with van der Waals surface area (Å²) >= 11 is 1.87. The molecular formula is C57H40N2S. The molecule has 60 heavy (non-hydrogen) atoms. The molecule has 9 aromatic carbocycles. The van der Waals surface area contributed by atoms with Crippen molar-refractivity contribution in [2.45, 2.75) is 19.3 Å². The van der Waals surface area contributed by atoms with Crippen LogP contribution in [0.5, 0.6) is 0 Å². The molecule has 11 aromatic rings. The average molecular weight is 785 g/mol. The van der Waals surface area contributed by atoms with Crippen molar-refractivity contribution in [2.75, 3.05) is 4.90 Å². The van der Waals surface area contributed by atoms with E-state index >= 15 is 0 Å². The molecule has 0 aliphatic heterocycles. The van der Waals surface area contributed by atoms with Gasteiger partial charge in [-0.1, -0.05) is 153 Å². The molecule has 2 aromatic heterocycles. The van der Waals surface area contributed by atoms with Gasteiger partial charge in [0, 0.05) is 59.0 Å². The summed E-state index contributed by atoms with van der Waals surface area (Å²) in [6, 6.07) is 76.2. The fourth-order valence-electron chi connectivity index (χ4n) is 10.0. The first-order valence-corrected chi connectivity index (χ1v) is 21.6. The molecule has 0 bridgehead atoms. The molecule has 0 amide bonds. The number of aromatic nitrogens is 1. The van der Waals surface area contributed by atoms with Gasteiger partial charge in [-0.25, -0.2) is 0 Å². The van der Waals surface area contributed by atoms with Crippen LogP contribution in [0.25, 0.3) is 81.0 Å². The Kier molecular flexibility index (Phi) is 7.79. The Morgan fingerprint density at radius 2 is 1.08 bits per heavy atom. The van der Waals surface area contributed by atoms with E-state index in [9.17, 15) is 0 Å². The smallest absolute Gasteiger partial charge is 0.0619 e. The first-order chi connectivity index (χ1) is 29.5. The Bertz CT molecular complexity index is 3450. The van der Waals surface area contributed by atoms with Crippen molar-refractivity contribution in [3.8, 4) is 39.1 Å². The van der Waals surface area contributed by atoms with Gasteiger partial charge in [-0.05, 0) is 106 Å². The standard InChI is InChI=1S/C57H40N2S/c1-57(2)50-26-14-12-23-43(50)46-25-16-27-52(55(46)57)58(42-29-31-45-44-24-13-15-28-53(44)60-54(45)36-42)41-30-32-51-48(35-41)49-34-39(37-17-6-3-7-18-37)33-47(38-19-8-4-9-20-38)56(49)59(51)40-21-10-5-11-22-40/h3-36H,1-2H3. The summed E-state index contributed by atoms with van der Waals surface area (Å²) in [5.74, 6) is 0. The highest BCUT2D eigenvalue weighted by atomic mass is 32.1. The lowest BCUT2D eigenvalue weighted by Gasteiger charge is -2.32. The van der Waals surface area contributed by atoms with Crippen molar-refractivity contribution in [3.05, 3.63) is 217 Å². The maximum atomic E-state index is 2.53. The van der Waals surface area contributed by atoms with Gasteiger partial charge in [-0.2, -0.15) is 0 Å². The predicted octanol–water partition coefficient (Wildman–Crippen LogP) is 16.3. The van der Waals surface area contributed by atoms with E-state index in [4.69, 9.17) is 0 Å². The van der Waals surface area contributed by atoms with Crippen LogP contribution >= 0.6 is 11.3 Å². The number of thiophene rings is 1. The van der Waals surface area contributed by atoms with Crippen LogP contribution in [-0.2, 0) is 5.41 Å². The van der Waals surface area contributed by atoms with Crippen molar-refractivity contribution in [1.29, 1.82) is 0 Å². The van der Waals surface area contributed by atoms with Gasteiger partial charge in [0.2, 0.25) is 0 Å². The highest BCUT2D eigenvalue weighted by Crippen LogP contribution is 2.55. The number of anilines is 3. The predicted molar refractivity (Wildman–Crippen MR) is 257 cm³/mol. The summed E-state index contributed by atoms with van der Waals surface area (Å²) < 4.78 is 5.07. The van der Waals surface area contributed by atoms with Crippen LogP contribution in [0.2, 0.25) is 0 Å². The molecule has 1 aliphatic carbocycles. The van der Waals surface area contributed by atoms with Crippen LogP contribution in [0.15, 0.2) is 206 Å². The number of hydrogen-bond acceptors (Lipinski definition) is 2. The van der Waals surface area contributed by atoms with Crippen LogP contribution in [0.1, 0.15) is 25.0 Å². The van der Waals surface area contributed by atoms with E-state index in [1.54, 1.807) is 0 Å². The summed E-state index contributed by atoms with van der Waals surface area (Å²) in [6.07, 6.45) is 0. The molecule has 2 heterocycles. The summed E-state index contributed by atoms with van der Waals surface area (Å²) in [4.78, 5) is 2.53. The Hall–Kier alpha value is -7.20. The lowest BCUT2D eigenvalue weighted by atomic mass is 9.81. The van der Waals surface area contributed by atoms with E-state index < -0.39 is 0 Å². The normalized spacial score (nSPS) is 13.0. The Morgan fingerprint density at radius 1 is 0.433 bits per heavy atom. The molecule has 0 atom stereocenters. The largest absolute Gasteiger partial charge is 0.310 e. The van der Waals surface area contributed by atoms with Crippen molar-refractivity contribution in [3.63, 3.8) is 0 Å². The van der Waals surface area contributed by atoms with Gasteiger partial charge in [0.05, 0.1) is 16.7 Å². The SMILES string of the molecule is CC1(C)c2ccccc2-c2cccc(N(c3ccc4c(c3)sc3ccccc34)c3ccc4c(c3)c3cc(-c5ccccc5)cc(-c5ccccc5)c3n4-c3ccccc3)c21. The monoisotopic (exact) mass is 784 g/mol. The van der Waals surface area contributed by atoms with Gasteiger partial charge >= 0.3 is 0 Å². The minimum absolute atomic E-state index is 0.203. The van der Waals surface area contributed by atoms with Gasteiger partial charge in [0.25, 0.3) is 0 Å². The summed E-state index contributed by atoms with van der Waals surface area (Å²) in [7, 11) is 0. The molecule has 3 heteroatoms. The second-order valence-electron chi connectivity index (χ2n) is 16.5. The Balaban J connectivity index is 1.18. The Morgan fingerprint density at radius 3 is 1.90 bits per heavy atom. The van der Waals surface area contributed by atoms with E-state index in [0.717, 1.165) is 17.1 Å². The van der Waals surface area contributed by atoms with Crippen LogP contribution in [-0.4, -0.2) is 4.57 Å². The van der Waals surface area contributed by atoms with Gasteiger partial charge in [-0.3, -0.25) is 0 Å².